The quantitative estimate of drug-likeness (QED) is 0.746. The maximum Gasteiger partial charge on any atom is 0.223 e. The Morgan fingerprint density at radius 2 is 2.43 bits per heavy atom. The SMILES string of the molecule is CCC(CSC)N1CC(CO)CC1=O. The standard InChI is InChI=1S/C10H19NO2S/c1-3-9(7-14-2)11-5-8(6-12)4-10(11)13/h8-9,12H,3-7H2,1-2H3. The summed E-state index contributed by atoms with van der Waals surface area (Å²) in [6, 6.07) is 0.356. The summed E-state index contributed by atoms with van der Waals surface area (Å²) in [5.74, 6) is 1.38. The van der Waals surface area contributed by atoms with Crippen molar-refractivity contribution in [1.82, 2.24) is 4.90 Å². The van der Waals surface area contributed by atoms with Crippen molar-refractivity contribution in [3.63, 3.8) is 0 Å². The molecule has 1 aliphatic heterocycles. The van der Waals surface area contributed by atoms with Crippen LogP contribution in [0.2, 0.25) is 0 Å². The maximum atomic E-state index is 11.6. The number of likely N-dealkylation sites (tertiary alicyclic amines) is 1. The molecule has 0 aromatic carbocycles. The van der Waals surface area contributed by atoms with Gasteiger partial charge in [0, 0.05) is 37.3 Å². The summed E-state index contributed by atoms with van der Waals surface area (Å²) < 4.78 is 0. The van der Waals surface area contributed by atoms with E-state index in [9.17, 15) is 4.79 Å². The van der Waals surface area contributed by atoms with Crippen molar-refractivity contribution in [2.75, 3.05) is 25.2 Å². The predicted molar refractivity (Wildman–Crippen MR) is 59.4 cm³/mol. The molecule has 1 rings (SSSR count). The number of rotatable bonds is 5. The molecule has 4 heteroatoms. The third kappa shape index (κ3) is 2.64. The van der Waals surface area contributed by atoms with Gasteiger partial charge >= 0.3 is 0 Å². The van der Waals surface area contributed by atoms with Crippen LogP contribution in [0.15, 0.2) is 0 Å². The molecule has 1 heterocycles. The Labute approximate surface area is 89.9 Å². The van der Waals surface area contributed by atoms with Crippen molar-refractivity contribution in [2.45, 2.75) is 25.8 Å². The molecule has 0 aromatic rings. The van der Waals surface area contributed by atoms with Gasteiger partial charge in [-0.15, -0.1) is 0 Å². The van der Waals surface area contributed by atoms with E-state index < -0.39 is 0 Å². The van der Waals surface area contributed by atoms with Crippen LogP contribution in [0.4, 0.5) is 0 Å². The van der Waals surface area contributed by atoms with Gasteiger partial charge in [-0.1, -0.05) is 6.92 Å². The Kier molecular flexibility index (Phi) is 4.75. The minimum absolute atomic E-state index is 0.137. The molecule has 0 aromatic heterocycles. The Bertz CT molecular complexity index is 199. The van der Waals surface area contributed by atoms with Gasteiger partial charge < -0.3 is 10.0 Å². The van der Waals surface area contributed by atoms with Crippen LogP contribution in [-0.2, 0) is 4.79 Å². The molecule has 82 valence electrons. The fourth-order valence-electron chi connectivity index (χ4n) is 1.90. The lowest BCUT2D eigenvalue weighted by atomic mass is 10.1. The number of thioether (sulfide) groups is 1. The van der Waals surface area contributed by atoms with E-state index in [1.54, 1.807) is 11.8 Å². The fraction of sp³-hybridized carbons (Fsp3) is 0.900. The van der Waals surface area contributed by atoms with Crippen LogP contribution in [0.5, 0.6) is 0 Å². The summed E-state index contributed by atoms with van der Waals surface area (Å²) in [6.07, 6.45) is 3.60. The number of aliphatic hydroxyl groups is 1. The molecule has 0 aliphatic carbocycles. The highest BCUT2D eigenvalue weighted by molar-refractivity contribution is 7.98. The highest BCUT2D eigenvalue weighted by Crippen LogP contribution is 2.22. The zero-order valence-electron chi connectivity index (χ0n) is 8.90. The molecule has 0 radical (unpaired) electrons. The van der Waals surface area contributed by atoms with E-state index in [1.165, 1.54) is 0 Å². The average Bonchev–Trinajstić information content (AvgIpc) is 2.56. The van der Waals surface area contributed by atoms with Crippen molar-refractivity contribution in [3.05, 3.63) is 0 Å². The van der Waals surface area contributed by atoms with E-state index in [2.05, 4.69) is 13.2 Å². The van der Waals surface area contributed by atoms with Crippen LogP contribution in [0.3, 0.4) is 0 Å². The molecular weight excluding hydrogens is 198 g/mol. The Morgan fingerprint density at radius 1 is 1.71 bits per heavy atom. The van der Waals surface area contributed by atoms with Gasteiger partial charge in [0.1, 0.15) is 0 Å². The fourth-order valence-corrected chi connectivity index (χ4v) is 2.70. The predicted octanol–water partition coefficient (Wildman–Crippen LogP) is 0.969. The third-order valence-corrected chi connectivity index (χ3v) is 3.49. The molecule has 1 aliphatic rings. The van der Waals surface area contributed by atoms with E-state index in [4.69, 9.17) is 5.11 Å². The van der Waals surface area contributed by atoms with E-state index in [0.717, 1.165) is 18.7 Å². The molecule has 14 heavy (non-hydrogen) atoms. The summed E-state index contributed by atoms with van der Waals surface area (Å²) in [7, 11) is 0. The molecule has 1 N–H and O–H groups in total. The summed E-state index contributed by atoms with van der Waals surface area (Å²) in [6.45, 7) is 2.99. The zero-order valence-corrected chi connectivity index (χ0v) is 9.72. The second-order valence-electron chi connectivity index (χ2n) is 3.82. The highest BCUT2D eigenvalue weighted by atomic mass is 32.2. The zero-order chi connectivity index (χ0) is 10.6. The van der Waals surface area contributed by atoms with Crippen molar-refractivity contribution in [2.24, 2.45) is 5.92 Å². The first kappa shape index (κ1) is 11.9. The van der Waals surface area contributed by atoms with Crippen LogP contribution in [0, 0.1) is 5.92 Å². The lowest BCUT2D eigenvalue weighted by Crippen LogP contribution is -2.38. The number of hydrogen-bond donors (Lipinski definition) is 1. The molecule has 3 nitrogen and oxygen atoms in total. The molecule has 1 saturated heterocycles. The Hall–Kier alpha value is -0.220. The first-order chi connectivity index (χ1) is 6.72. The topological polar surface area (TPSA) is 40.5 Å². The van der Waals surface area contributed by atoms with Gasteiger partial charge in [0.15, 0.2) is 0 Å². The molecule has 2 unspecified atom stereocenters. The van der Waals surface area contributed by atoms with Crippen molar-refractivity contribution < 1.29 is 9.90 Å². The van der Waals surface area contributed by atoms with Gasteiger partial charge in [0.25, 0.3) is 0 Å². The van der Waals surface area contributed by atoms with Gasteiger partial charge in [0.2, 0.25) is 5.91 Å². The molecule has 1 fully saturated rings. The number of aliphatic hydroxyl groups excluding tert-OH is 1. The number of carbonyl (C=O) groups is 1. The monoisotopic (exact) mass is 217 g/mol. The highest BCUT2D eigenvalue weighted by Gasteiger charge is 2.32. The molecule has 0 spiro atoms. The smallest absolute Gasteiger partial charge is 0.223 e. The largest absolute Gasteiger partial charge is 0.396 e. The van der Waals surface area contributed by atoms with Crippen LogP contribution in [0.25, 0.3) is 0 Å². The van der Waals surface area contributed by atoms with E-state index >= 15 is 0 Å². The van der Waals surface area contributed by atoms with E-state index in [1.807, 2.05) is 4.90 Å². The van der Waals surface area contributed by atoms with Crippen LogP contribution < -0.4 is 0 Å². The third-order valence-electron chi connectivity index (χ3n) is 2.77. The average molecular weight is 217 g/mol. The number of amides is 1. The minimum atomic E-state index is 0.137. The molecule has 0 bridgehead atoms. The van der Waals surface area contributed by atoms with Crippen LogP contribution in [-0.4, -0.2) is 47.1 Å². The molecular formula is C10H19NO2S. The number of nitrogens with zero attached hydrogens (tertiary/aromatic N) is 1. The summed E-state index contributed by atoms with van der Waals surface area (Å²) in [5, 5.41) is 9.00. The summed E-state index contributed by atoms with van der Waals surface area (Å²) in [5.41, 5.74) is 0. The first-order valence-corrected chi connectivity index (χ1v) is 6.51. The maximum absolute atomic E-state index is 11.6. The Balaban J connectivity index is 2.53. The van der Waals surface area contributed by atoms with Crippen LogP contribution in [0.1, 0.15) is 19.8 Å². The molecule has 2 atom stereocenters. The molecule has 1 amide bonds. The van der Waals surface area contributed by atoms with Gasteiger partial charge in [-0.2, -0.15) is 11.8 Å². The van der Waals surface area contributed by atoms with Gasteiger partial charge in [-0.25, -0.2) is 0 Å². The van der Waals surface area contributed by atoms with E-state index in [-0.39, 0.29) is 18.4 Å². The first-order valence-electron chi connectivity index (χ1n) is 5.12. The van der Waals surface area contributed by atoms with Crippen molar-refractivity contribution >= 4 is 17.7 Å². The molecule has 0 saturated carbocycles. The summed E-state index contributed by atoms with van der Waals surface area (Å²) in [4.78, 5) is 13.6. The summed E-state index contributed by atoms with van der Waals surface area (Å²) >= 11 is 1.78. The van der Waals surface area contributed by atoms with Gasteiger partial charge in [-0.05, 0) is 12.7 Å². The van der Waals surface area contributed by atoms with Gasteiger partial charge in [0.05, 0.1) is 0 Å². The minimum Gasteiger partial charge on any atom is -0.396 e. The van der Waals surface area contributed by atoms with Crippen molar-refractivity contribution in [3.8, 4) is 0 Å². The normalized spacial score (nSPS) is 24.4. The second-order valence-corrected chi connectivity index (χ2v) is 4.73. The lowest BCUT2D eigenvalue weighted by Gasteiger charge is -2.26. The Morgan fingerprint density at radius 3 is 2.86 bits per heavy atom. The lowest BCUT2D eigenvalue weighted by molar-refractivity contribution is -0.129. The number of carbonyl (C=O) groups excluding carboxylic acids is 1. The van der Waals surface area contributed by atoms with Crippen LogP contribution >= 0.6 is 11.8 Å². The van der Waals surface area contributed by atoms with Gasteiger partial charge in [-0.3, -0.25) is 4.79 Å². The van der Waals surface area contributed by atoms with E-state index in [0.29, 0.717) is 12.5 Å². The second kappa shape index (κ2) is 5.61. The van der Waals surface area contributed by atoms with Crippen molar-refractivity contribution in [1.29, 1.82) is 0 Å². The number of hydrogen-bond acceptors (Lipinski definition) is 3.